The van der Waals surface area contributed by atoms with Crippen LogP contribution in [0.3, 0.4) is 0 Å². The molecule has 0 bridgehead atoms. The van der Waals surface area contributed by atoms with E-state index < -0.39 is 5.97 Å². The van der Waals surface area contributed by atoms with Gasteiger partial charge in [-0.2, -0.15) is 0 Å². The molecule has 2 aromatic rings. The molecule has 0 fully saturated rings. The summed E-state index contributed by atoms with van der Waals surface area (Å²) in [6.07, 6.45) is 0. The molecule has 0 radical (unpaired) electrons. The van der Waals surface area contributed by atoms with E-state index in [9.17, 15) is 4.79 Å². The van der Waals surface area contributed by atoms with Gasteiger partial charge in [-0.1, -0.05) is 16.8 Å². The summed E-state index contributed by atoms with van der Waals surface area (Å²) in [4.78, 5) is 19.7. The molecule has 0 aromatic carbocycles. The van der Waals surface area contributed by atoms with Crippen LogP contribution in [-0.4, -0.2) is 28.2 Å². The van der Waals surface area contributed by atoms with Gasteiger partial charge in [0.25, 0.3) is 0 Å². The molecule has 2 aromatic heterocycles. The first-order valence-electron chi connectivity index (χ1n) is 5.09. The van der Waals surface area contributed by atoms with Crippen LogP contribution in [0.15, 0.2) is 10.6 Å². The van der Waals surface area contributed by atoms with Crippen LogP contribution in [0.1, 0.15) is 21.8 Å². The fourth-order valence-corrected chi connectivity index (χ4v) is 1.54. The Hall–Kier alpha value is -1.95. The molecule has 7 heteroatoms. The number of hydrogen-bond donors (Lipinski definition) is 0. The highest BCUT2D eigenvalue weighted by Crippen LogP contribution is 2.22. The molecule has 0 spiro atoms. The molecule has 0 amide bonds. The van der Waals surface area contributed by atoms with Gasteiger partial charge in [0.15, 0.2) is 17.2 Å². The van der Waals surface area contributed by atoms with Gasteiger partial charge in [0.1, 0.15) is 10.9 Å². The van der Waals surface area contributed by atoms with E-state index >= 15 is 0 Å². The Morgan fingerprint density at radius 2 is 2.11 bits per heavy atom. The maximum Gasteiger partial charge on any atom is 0.357 e. The summed E-state index contributed by atoms with van der Waals surface area (Å²) in [6, 6.07) is 1.65. The highest BCUT2D eigenvalue weighted by Gasteiger charge is 2.18. The lowest BCUT2D eigenvalue weighted by Gasteiger charge is -2.05. The number of ether oxygens (including phenoxy) is 1. The van der Waals surface area contributed by atoms with Crippen LogP contribution in [0.5, 0.6) is 0 Å². The minimum absolute atomic E-state index is 0.119. The summed E-state index contributed by atoms with van der Waals surface area (Å²) in [5, 5.41) is 3.95. The van der Waals surface area contributed by atoms with E-state index in [1.165, 1.54) is 7.11 Å². The van der Waals surface area contributed by atoms with Crippen molar-refractivity contribution in [3.63, 3.8) is 0 Å². The first-order chi connectivity index (χ1) is 8.52. The summed E-state index contributed by atoms with van der Waals surface area (Å²) in [5.74, 6) is 0.269. The van der Waals surface area contributed by atoms with Crippen LogP contribution in [0.4, 0.5) is 0 Å². The first-order valence-corrected chi connectivity index (χ1v) is 5.47. The summed E-state index contributed by atoms with van der Waals surface area (Å²) in [7, 11) is 1.28. The van der Waals surface area contributed by atoms with E-state index in [2.05, 4.69) is 19.9 Å². The summed E-state index contributed by atoms with van der Waals surface area (Å²) >= 11 is 5.96. The standard InChI is InChI=1S/C11H10ClN3O3/c1-5-4-7(15-18-5)10-13-8(11(16)17-3)6(2)9(12)14-10/h4H,1-3H3. The largest absolute Gasteiger partial charge is 0.464 e. The Morgan fingerprint density at radius 3 is 2.67 bits per heavy atom. The average molecular weight is 268 g/mol. The number of carbonyl (C=O) groups is 1. The van der Waals surface area contributed by atoms with E-state index in [1.54, 1.807) is 19.9 Å². The number of halogens is 1. The molecule has 94 valence electrons. The van der Waals surface area contributed by atoms with Crippen molar-refractivity contribution in [1.82, 2.24) is 15.1 Å². The molecule has 0 atom stereocenters. The van der Waals surface area contributed by atoms with Crippen LogP contribution >= 0.6 is 11.6 Å². The molecule has 6 nitrogen and oxygen atoms in total. The van der Waals surface area contributed by atoms with Gasteiger partial charge < -0.3 is 9.26 Å². The van der Waals surface area contributed by atoms with E-state index in [0.717, 1.165) is 0 Å². The topological polar surface area (TPSA) is 78.1 Å². The van der Waals surface area contributed by atoms with Gasteiger partial charge in [-0.25, -0.2) is 14.8 Å². The molecule has 0 N–H and O–H groups in total. The Labute approximate surface area is 108 Å². The fourth-order valence-electron chi connectivity index (χ4n) is 1.37. The van der Waals surface area contributed by atoms with Gasteiger partial charge in [-0.15, -0.1) is 0 Å². The molecule has 2 rings (SSSR count). The van der Waals surface area contributed by atoms with E-state index in [4.69, 9.17) is 16.1 Å². The number of nitrogens with zero attached hydrogens (tertiary/aromatic N) is 3. The van der Waals surface area contributed by atoms with E-state index in [-0.39, 0.29) is 16.7 Å². The second kappa shape index (κ2) is 4.73. The fraction of sp³-hybridized carbons (Fsp3) is 0.273. The van der Waals surface area contributed by atoms with Gasteiger partial charge in [0.05, 0.1) is 7.11 Å². The van der Waals surface area contributed by atoms with Gasteiger partial charge in [-0.05, 0) is 13.8 Å². The molecule has 2 heterocycles. The Bertz CT molecular complexity index is 610. The number of carbonyl (C=O) groups excluding carboxylic acids is 1. The second-order valence-electron chi connectivity index (χ2n) is 3.63. The maximum atomic E-state index is 11.6. The molecule has 0 unspecified atom stereocenters. The van der Waals surface area contributed by atoms with Gasteiger partial charge in [0, 0.05) is 11.6 Å². The van der Waals surface area contributed by atoms with Crippen molar-refractivity contribution < 1.29 is 14.1 Å². The summed E-state index contributed by atoms with van der Waals surface area (Å²) in [6.45, 7) is 3.39. The summed E-state index contributed by atoms with van der Waals surface area (Å²) < 4.78 is 9.56. The maximum absolute atomic E-state index is 11.6. The Morgan fingerprint density at radius 1 is 1.39 bits per heavy atom. The Balaban J connectivity index is 2.57. The predicted molar refractivity (Wildman–Crippen MR) is 63.4 cm³/mol. The van der Waals surface area contributed by atoms with Crippen LogP contribution in [0.2, 0.25) is 5.15 Å². The molecule has 0 aliphatic rings. The molecule has 0 aliphatic carbocycles. The second-order valence-corrected chi connectivity index (χ2v) is 3.98. The molecule has 0 aliphatic heterocycles. The molecular weight excluding hydrogens is 258 g/mol. The number of aromatic nitrogens is 3. The third-order valence-electron chi connectivity index (χ3n) is 2.32. The highest BCUT2D eigenvalue weighted by molar-refractivity contribution is 6.30. The third kappa shape index (κ3) is 2.19. The van der Waals surface area contributed by atoms with Crippen molar-refractivity contribution in [1.29, 1.82) is 0 Å². The predicted octanol–water partition coefficient (Wildman–Crippen LogP) is 2.19. The van der Waals surface area contributed by atoms with Crippen LogP contribution in [-0.2, 0) is 4.74 Å². The third-order valence-corrected chi connectivity index (χ3v) is 2.69. The number of hydrogen-bond acceptors (Lipinski definition) is 6. The number of rotatable bonds is 2. The minimum Gasteiger partial charge on any atom is -0.464 e. The zero-order valence-corrected chi connectivity index (χ0v) is 10.8. The first kappa shape index (κ1) is 12.5. The Kier molecular flexibility index (Phi) is 3.29. The highest BCUT2D eigenvalue weighted by atomic mass is 35.5. The monoisotopic (exact) mass is 267 g/mol. The lowest BCUT2D eigenvalue weighted by Crippen LogP contribution is -2.09. The van der Waals surface area contributed by atoms with Crippen molar-refractivity contribution in [3.05, 3.63) is 28.2 Å². The SMILES string of the molecule is COC(=O)c1nc(-c2cc(C)on2)nc(Cl)c1C. The van der Waals surface area contributed by atoms with Crippen molar-refractivity contribution in [3.8, 4) is 11.5 Å². The number of aryl methyl sites for hydroxylation is 1. The van der Waals surface area contributed by atoms with Gasteiger partial charge in [0.2, 0.25) is 0 Å². The van der Waals surface area contributed by atoms with Crippen LogP contribution < -0.4 is 0 Å². The smallest absolute Gasteiger partial charge is 0.357 e. The average Bonchev–Trinajstić information content (AvgIpc) is 2.78. The molecule has 0 saturated carbocycles. The van der Waals surface area contributed by atoms with Crippen molar-refractivity contribution in [2.45, 2.75) is 13.8 Å². The van der Waals surface area contributed by atoms with Crippen LogP contribution in [0, 0.1) is 13.8 Å². The minimum atomic E-state index is -0.571. The number of esters is 1. The quantitative estimate of drug-likeness (QED) is 0.613. The lowest BCUT2D eigenvalue weighted by atomic mass is 10.2. The van der Waals surface area contributed by atoms with Crippen molar-refractivity contribution in [2.24, 2.45) is 0 Å². The van der Waals surface area contributed by atoms with Gasteiger partial charge in [-0.3, -0.25) is 0 Å². The number of methoxy groups -OCH3 is 1. The lowest BCUT2D eigenvalue weighted by molar-refractivity contribution is 0.0593. The van der Waals surface area contributed by atoms with Crippen LogP contribution in [0.25, 0.3) is 11.5 Å². The summed E-state index contributed by atoms with van der Waals surface area (Å²) in [5.41, 5.74) is 1.00. The molecular formula is C11H10ClN3O3. The zero-order valence-electron chi connectivity index (χ0n) is 10.0. The van der Waals surface area contributed by atoms with Gasteiger partial charge >= 0.3 is 5.97 Å². The van der Waals surface area contributed by atoms with E-state index in [1.807, 2.05) is 0 Å². The van der Waals surface area contributed by atoms with Crippen molar-refractivity contribution in [2.75, 3.05) is 7.11 Å². The van der Waals surface area contributed by atoms with E-state index in [0.29, 0.717) is 17.0 Å². The zero-order chi connectivity index (χ0) is 13.3. The molecule has 0 saturated heterocycles. The van der Waals surface area contributed by atoms with Crippen molar-refractivity contribution >= 4 is 17.6 Å². The normalized spacial score (nSPS) is 10.4. The molecule has 18 heavy (non-hydrogen) atoms.